The van der Waals surface area contributed by atoms with Crippen LogP contribution in [0.25, 0.3) is 0 Å². The van der Waals surface area contributed by atoms with Crippen LogP contribution in [0.2, 0.25) is 0 Å². The number of carbonyl (C=O) groups excluding carboxylic acids is 1. The van der Waals surface area contributed by atoms with Crippen molar-refractivity contribution in [1.82, 2.24) is 0 Å². The molecule has 0 atom stereocenters. The highest BCUT2D eigenvalue weighted by atomic mass is 32.2. The third kappa shape index (κ3) is 1.84. The van der Waals surface area contributed by atoms with Gasteiger partial charge in [-0.3, -0.25) is 4.79 Å². The molecule has 0 N–H and O–H groups in total. The Morgan fingerprint density at radius 3 is 2.60 bits per heavy atom. The van der Waals surface area contributed by atoms with E-state index in [0.717, 1.165) is 0 Å². The number of azo groups is 1. The first-order chi connectivity index (χ1) is 7.18. The molecule has 1 aromatic carbocycles. The maximum absolute atomic E-state index is 11.2. The molecule has 76 valence electrons. The molecule has 0 unspecified atom stereocenters. The predicted octanol–water partition coefficient (Wildman–Crippen LogP) is 0.904. The molecule has 6 heteroatoms. The molecule has 1 aliphatic rings. The molecular formula is C9H6N2O3S. The molecule has 1 aromatic rings. The Morgan fingerprint density at radius 1 is 1.13 bits per heavy atom. The van der Waals surface area contributed by atoms with E-state index in [0.29, 0.717) is 11.3 Å². The molecule has 1 aliphatic heterocycles. The van der Waals surface area contributed by atoms with Crippen molar-refractivity contribution in [2.24, 2.45) is 10.2 Å². The van der Waals surface area contributed by atoms with E-state index in [1.165, 1.54) is 0 Å². The zero-order valence-corrected chi connectivity index (χ0v) is 8.36. The summed E-state index contributed by atoms with van der Waals surface area (Å²) in [7, 11) is -2.54. The van der Waals surface area contributed by atoms with Gasteiger partial charge in [0.25, 0.3) is 0 Å². The van der Waals surface area contributed by atoms with Crippen molar-refractivity contribution >= 4 is 26.8 Å². The first kappa shape index (κ1) is 9.72. The zero-order valence-electron chi connectivity index (χ0n) is 7.54. The van der Waals surface area contributed by atoms with Gasteiger partial charge >= 0.3 is 5.91 Å². The highest BCUT2D eigenvalue weighted by molar-refractivity contribution is 7.74. The highest BCUT2D eigenvalue weighted by Crippen LogP contribution is 2.22. The van der Waals surface area contributed by atoms with Crippen LogP contribution in [0.1, 0.15) is 5.56 Å². The number of hydrogen-bond acceptors (Lipinski definition) is 4. The molecule has 0 saturated heterocycles. The third-order valence-electron chi connectivity index (χ3n) is 2.03. The van der Waals surface area contributed by atoms with Crippen LogP contribution in [-0.4, -0.2) is 19.2 Å². The summed E-state index contributed by atoms with van der Waals surface area (Å²) in [5.74, 6) is -0.792. The van der Waals surface area contributed by atoms with Crippen LogP contribution in [0.15, 0.2) is 34.5 Å². The Labute approximate surface area is 87.0 Å². The summed E-state index contributed by atoms with van der Waals surface area (Å²) >= 11 is 0. The lowest BCUT2D eigenvalue weighted by atomic mass is 10.1. The molecule has 15 heavy (non-hydrogen) atoms. The zero-order chi connectivity index (χ0) is 10.8. The van der Waals surface area contributed by atoms with Crippen LogP contribution in [0.3, 0.4) is 0 Å². The maximum Gasteiger partial charge on any atom is 0.307 e. The molecule has 0 aliphatic carbocycles. The van der Waals surface area contributed by atoms with E-state index in [1.54, 1.807) is 24.3 Å². The number of nitrogens with zero attached hydrogens (tertiary/aromatic N) is 2. The van der Waals surface area contributed by atoms with Gasteiger partial charge in [-0.25, -0.2) is 0 Å². The molecule has 0 aromatic heterocycles. The number of benzene rings is 1. The first-order valence-electron chi connectivity index (χ1n) is 4.17. The number of amides is 1. The van der Waals surface area contributed by atoms with Crippen molar-refractivity contribution in [3.05, 3.63) is 29.8 Å². The Morgan fingerprint density at radius 2 is 1.87 bits per heavy atom. The molecule has 0 bridgehead atoms. The SMILES string of the molecule is O=C1N=Nc2ccccc2CC1=S(=O)=O. The van der Waals surface area contributed by atoms with Gasteiger partial charge in [0.05, 0.1) is 5.69 Å². The summed E-state index contributed by atoms with van der Waals surface area (Å²) in [6.45, 7) is 0. The number of rotatable bonds is 0. The quantitative estimate of drug-likeness (QED) is 0.612. The van der Waals surface area contributed by atoms with E-state index in [9.17, 15) is 13.2 Å². The van der Waals surface area contributed by atoms with E-state index in [1.807, 2.05) is 0 Å². The minimum atomic E-state index is -2.54. The second-order valence-corrected chi connectivity index (χ2v) is 3.93. The summed E-state index contributed by atoms with van der Waals surface area (Å²) in [6, 6.07) is 6.92. The second-order valence-electron chi connectivity index (χ2n) is 2.97. The van der Waals surface area contributed by atoms with Crippen molar-refractivity contribution in [2.75, 3.05) is 0 Å². The lowest BCUT2D eigenvalue weighted by molar-refractivity contribution is -0.112. The van der Waals surface area contributed by atoms with Gasteiger partial charge in [-0.15, -0.1) is 10.2 Å². The van der Waals surface area contributed by atoms with Gasteiger partial charge in [-0.05, 0) is 11.6 Å². The van der Waals surface area contributed by atoms with Crippen molar-refractivity contribution in [1.29, 1.82) is 0 Å². The molecular weight excluding hydrogens is 216 g/mol. The Kier molecular flexibility index (Phi) is 2.42. The van der Waals surface area contributed by atoms with Gasteiger partial charge in [0.15, 0.2) is 0 Å². The van der Waals surface area contributed by atoms with Crippen LogP contribution in [0, 0.1) is 0 Å². The molecule has 0 spiro atoms. The van der Waals surface area contributed by atoms with Gasteiger partial charge in [0.1, 0.15) is 4.86 Å². The van der Waals surface area contributed by atoms with Gasteiger partial charge in [0, 0.05) is 6.42 Å². The third-order valence-corrected chi connectivity index (χ3v) is 2.75. The van der Waals surface area contributed by atoms with Gasteiger partial charge in [-0.2, -0.15) is 8.42 Å². The Hall–Kier alpha value is -1.82. The Bertz CT molecular complexity index is 579. The van der Waals surface area contributed by atoms with Crippen molar-refractivity contribution < 1.29 is 13.2 Å². The molecule has 0 fully saturated rings. The van der Waals surface area contributed by atoms with Gasteiger partial charge in [0.2, 0.25) is 10.3 Å². The monoisotopic (exact) mass is 222 g/mol. The summed E-state index contributed by atoms with van der Waals surface area (Å²) in [6.07, 6.45) is 0.0537. The summed E-state index contributed by atoms with van der Waals surface area (Å²) in [5.41, 5.74) is 1.22. The highest BCUT2D eigenvalue weighted by Gasteiger charge is 2.18. The number of fused-ring (bicyclic) bond motifs is 1. The minimum absolute atomic E-state index is 0.0537. The average Bonchev–Trinajstić information content (AvgIpc) is 2.39. The lowest BCUT2D eigenvalue weighted by Crippen LogP contribution is -2.13. The average molecular weight is 222 g/mol. The smallest absolute Gasteiger partial charge is 0.264 e. The fourth-order valence-corrected chi connectivity index (χ4v) is 1.75. The van der Waals surface area contributed by atoms with E-state index in [-0.39, 0.29) is 11.3 Å². The van der Waals surface area contributed by atoms with Crippen LogP contribution in [-0.2, 0) is 21.5 Å². The fourth-order valence-electron chi connectivity index (χ4n) is 1.29. The van der Waals surface area contributed by atoms with Crippen LogP contribution < -0.4 is 0 Å². The lowest BCUT2D eigenvalue weighted by Gasteiger charge is -1.98. The van der Waals surface area contributed by atoms with Gasteiger partial charge < -0.3 is 0 Å². The van der Waals surface area contributed by atoms with Crippen molar-refractivity contribution in [3.63, 3.8) is 0 Å². The molecule has 1 amide bonds. The minimum Gasteiger partial charge on any atom is -0.264 e. The first-order valence-corrected chi connectivity index (χ1v) is 5.25. The molecule has 1 heterocycles. The standard InChI is InChI=1S/C9H6N2O3S/c12-9-8(15(13)14)5-6-3-1-2-4-7(6)10-11-9/h1-4H,5H2. The predicted molar refractivity (Wildman–Crippen MR) is 53.6 cm³/mol. The van der Waals surface area contributed by atoms with Crippen molar-refractivity contribution in [3.8, 4) is 0 Å². The second kappa shape index (κ2) is 3.74. The number of carbonyl (C=O) groups is 1. The van der Waals surface area contributed by atoms with Gasteiger partial charge in [-0.1, -0.05) is 18.2 Å². The number of hydrogen-bond donors (Lipinski definition) is 0. The van der Waals surface area contributed by atoms with Crippen LogP contribution in [0.5, 0.6) is 0 Å². The topological polar surface area (TPSA) is 75.9 Å². The summed E-state index contributed by atoms with van der Waals surface area (Å²) < 4.78 is 21.5. The maximum atomic E-state index is 11.2. The fraction of sp³-hybridized carbons (Fsp3) is 0.111. The molecule has 2 rings (SSSR count). The van der Waals surface area contributed by atoms with E-state index >= 15 is 0 Å². The summed E-state index contributed by atoms with van der Waals surface area (Å²) in [5, 5.41) is 7.01. The molecule has 0 radical (unpaired) electrons. The molecule has 5 nitrogen and oxygen atoms in total. The summed E-state index contributed by atoms with van der Waals surface area (Å²) in [4.78, 5) is 11.0. The van der Waals surface area contributed by atoms with Crippen LogP contribution >= 0.6 is 0 Å². The molecule has 0 saturated carbocycles. The van der Waals surface area contributed by atoms with Crippen LogP contribution in [0.4, 0.5) is 5.69 Å². The van der Waals surface area contributed by atoms with E-state index in [2.05, 4.69) is 10.2 Å². The van der Waals surface area contributed by atoms with E-state index in [4.69, 9.17) is 0 Å². The Balaban J connectivity index is 2.64. The van der Waals surface area contributed by atoms with Crippen molar-refractivity contribution in [2.45, 2.75) is 6.42 Å². The van der Waals surface area contributed by atoms with E-state index < -0.39 is 16.2 Å². The normalized spacial score (nSPS) is 14.7. The largest absolute Gasteiger partial charge is 0.307 e.